The number of amides is 2. The van der Waals surface area contributed by atoms with Gasteiger partial charge in [0, 0.05) is 5.41 Å². The van der Waals surface area contributed by atoms with Crippen LogP contribution in [0.3, 0.4) is 0 Å². The predicted octanol–water partition coefficient (Wildman–Crippen LogP) is 6.51. The van der Waals surface area contributed by atoms with Crippen LogP contribution in [0.5, 0.6) is 0 Å². The summed E-state index contributed by atoms with van der Waals surface area (Å²) in [5, 5.41) is 0. The SMILES string of the molecule is Cc1cccc(C)c1C(c1c(C)cccc1C)(C1CCC(OC(N)=O)CC1)C1CCC(OC(N)=O)CC1. The van der Waals surface area contributed by atoms with Gasteiger partial charge in [-0.15, -0.1) is 0 Å². The van der Waals surface area contributed by atoms with Crippen LogP contribution in [0.2, 0.25) is 0 Å². The van der Waals surface area contributed by atoms with Gasteiger partial charge in [0.1, 0.15) is 12.2 Å². The maximum absolute atomic E-state index is 11.5. The summed E-state index contributed by atoms with van der Waals surface area (Å²) in [6.07, 6.45) is 5.44. The Hall–Kier alpha value is -3.02. The highest BCUT2D eigenvalue weighted by atomic mass is 16.6. The predicted molar refractivity (Wildman–Crippen MR) is 145 cm³/mol. The van der Waals surface area contributed by atoms with Gasteiger partial charge in [-0.05, 0) is 124 Å². The van der Waals surface area contributed by atoms with E-state index in [0.717, 1.165) is 51.4 Å². The molecule has 4 N–H and O–H groups in total. The van der Waals surface area contributed by atoms with Gasteiger partial charge in [-0.1, -0.05) is 36.4 Å². The zero-order valence-corrected chi connectivity index (χ0v) is 22.7. The molecule has 0 heterocycles. The highest BCUT2D eigenvalue weighted by Crippen LogP contribution is 2.57. The number of primary amides is 2. The maximum atomic E-state index is 11.5. The van der Waals surface area contributed by atoms with E-state index in [2.05, 4.69) is 64.1 Å². The first-order valence-electron chi connectivity index (χ1n) is 13.7. The smallest absolute Gasteiger partial charge is 0.404 e. The topological polar surface area (TPSA) is 105 Å². The summed E-state index contributed by atoms with van der Waals surface area (Å²) in [5.74, 6) is 0.747. The zero-order chi connectivity index (χ0) is 26.7. The first kappa shape index (κ1) is 27.0. The van der Waals surface area contributed by atoms with Gasteiger partial charge in [0.2, 0.25) is 0 Å². The minimum atomic E-state index is -0.688. The van der Waals surface area contributed by atoms with Crippen LogP contribution in [0.4, 0.5) is 9.59 Å². The molecule has 0 aromatic heterocycles. The summed E-state index contributed by atoms with van der Waals surface area (Å²) >= 11 is 0. The zero-order valence-electron chi connectivity index (χ0n) is 22.7. The molecule has 2 aromatic carbocycles. The molecule has 0 atom stereocenters. The van der Waals surface area contributed by atoms with Crippen molar-refractivity contribution in [1.29, 1.82) is 0 Å². The molecule has 0 radical (unpaired) electrons. The van der Waals surface area contributed by atoms with Crippen LogP contribution in [-0.4, -0.2) is 24.4 Å². The van der Waals surface area contributed by atoms with Crippen molar-refractivity contribution in [2.24, 2.45) is 23.3 Å². The Bertz CT molecular complexity index is 998. The molecule has 0 bridgehead atoms. The van der Waals surface area contributed by atoms with Crippen molar-refractivity contribution >= 4 is 12.2 Å². The van der Waals surface area contributed by atoms with Crippen LogP contribution in [-0.2, 0) is 14.9 Å². The molecule has 6 heteroatoms. The maximum Gasteiger partial charge on any atom is 0.404 e. The monoisotopic (exact) mass is 506 g/mol. The Labute approximate surface area is 221 Å². The fourth-order valence-corrected chi connectivity index (χ4v) is 7.81. The lowest BCUT2D eigenvalue weighted by atomic mass is 9.50. The summed E-state index contributed by atoms with van der Waals surface area (Å²) in [7, 11) is 0. The van der Waals surface area contributed by atoms with E-state index in [4.69, 9.17) is 20.9 Å². The molecule has 0 spiro atoms. The Balaban J connectivity index is 1.89. The van der Waals surface area contributed by atoms with Crippen LogP contribution in [0.15, 0.2) is 36.4 Å². The standard InChI is InChI=1S/C31H42N2O4/c1-19-7-5-8-20(2)27(19)31(28-21(3)9-6-10-22(28)4,23-11-15-25(16-12-23)36-29(32)34)24-13-17-26(18-14-24)37-30(33)35/h5-10,23-26H,11-18H2,1-4H3,(H2,32,34)(H2,33,35). The minimum Gasteiger partial charge on any atom is -0.446 e. The van der Waals surface area contributed by atoms with Gasteiger partial charge in [-0.3, -0.25) is 0 Å². The van der Waals surface area contributed by atoms with Gasteiger partial charge in [-0.2, -0.15) is 0 Å². The van der Waals surface area contributed by atoms with Crippen LogP contribution in [0, 0.1) is 39.5 Å². The summed E-state index contributed by atoms with van der Waals surface area (Å²) in [4.78, 5) is 23.0. The largest absolute Gasteiger partial charge is 0.446 e. The Kier molecular flexibility index (Phi) is 8.15. The third kappa shape index (κ3) is 5.34. The van der Waals surface area contributed by atoms with Gasteiger partial charge < -0.3 is 20.9 Å². The Morgan fingerprint density at radius 2 is 0.919 bits per heavy atom. The van der Waals surface area contributed by atoms with Crippen molar-refractivity contribution in [3.05, 3.63) is 69.8 Å². The second-order valence-electron chi connectivity index (χ2n) is 11.2. The second-order valence-corrected chi connectivity index (χ2v) is 11.2. The van der Waals surface area contributed by atoms with Gasteiger partial charge in [0.15, 0.2) is 0 Å². The molecule has 4 rings (SSSR count). The Morgan fingerprint density at radius 1 is 0.622 bits per heavy atom. The van der Waals surface area contributed by atoms with Crippen molar-refractivity contribution in [1.82, 2.24) is 0 Å². The highest BCUT2D eigenvalue weighted by Gasteiger charge is 2.52. The molecule has 2 aliphatic rings. The van der Waals surface area contributed by atoms with Crippen molar-refractivity contribution in [2.45, 2.75) is 96.7 Å². The van der Waals surface area contributed by atoms with Crippen LogP contribution < -0.4 is 11.5 Å². The molecule has 0 aliphatic heterocycles. The average Bonchev–Trinajstić information content (AvgIpc) is 2.83. The van der Waals surface area contributed by atoms with Gasteiger partial charge in [0.25, 0.3) is 0 Å². The van der Waals surface area contributed by atoms with Crippen molar-refractivity contribution < 1.29 is 19.1 Å². The second kappa shape index (κ2) is 11.2. The molecule has 2 fully saturated rings. The molecule has 200 valence electrons. The van der Waals surface area contributed by atoms with E-state index in [1.807, 2.05) is 0 Å². The van der Waals surface area contributed by atoms with Gasteiger partial charge >= 0.3 is 12.2 Å². The number of aryl methyl sites for hydroxylation is 4. The third-order valence-corrected chi connectivity index (χ3v) is 8.99. The number of benzene rings is 2. The molecule has 0 saturated heterocycles. The number of rotatable bonds is 6. The molecule has 2 aromatic rings. The molecule has 37 heavy (non-hydrogen) atoms. The van der Waals surface area contributed by atoms with Gasteiger partial charge in [-0.25, -0.2) is 9.59 Å². The molecule has 2 amide bonds. The third-order valence-electron chi connectivity index (χ3n) is 8.99. The van der Waals surface area contributed by atoms with E-state index in [1.54, 1.807) is 0 Å². The van der Waals surface area contributed by atoms with Crippen molar-refractivity contribution in [2.75, 3.05) is 0 Å². The number of nitrogens with two attached hydrogens (primary N) is 2. The van der Waals surface area contributed by atoms with E-state index in [9.17, 15) is 9.59 Å². The molecule has 2 saturated carbocycles. The molecular formula is C31H42N2O4. The van der Waals surface area contributed by atoms with Crippen molar-refractivity contribution in [3.63, 3.8) is 0 Å². The number of hydrogen-bond donors (Lipinski definition) is 2. The fraction of sp³-hybridized carbons (Fsp3) is 0.548. The van der Waals surface area contributed by atoms with E-state index >= 15 is 0 Å². The number of carbonyl (C=O) groups is 2. The molecule has 2 aliphatic carbocycles. The van der Waals surface area contributed by atoms with Gasteiger partial charge in [0.05, 0.1) is 0 Å². The van der Waals surface area contributed by atoms with Crippen molar-refractivity contribution in [3.8, 4) is 0 Å². The molecule has 0 unspecified atom stereocenters. The first-order chi connectivity index (χ1) is 17.6. The number of ether oxygens (including phenoxy) is 2. The summed E-state index contributed by atoms with van der Waals surface area (Å²) in [6.45, 7) is 8.98. The fourth-order valence-electron chi connectivity index (χ4n) is 7.81. The normalized spacial score (nSPS) is 24.3. The van der Waals surface area contributed by atoms with E-state index in [1.165, 1.54) is 33.4 Å². The Morgan fingerprint density at radius 3 is 1.19 bits per heavy atom. The molecular weight excluding hydrogens is 464 g/mol. The first-order valence-corrected chi connectivity index (χ1v) is 13.7. The minimum absolute atomic E-state index is 0.123. The lowest BCUT2D eigenvalue weighted by Gasteiger charge is -2.53. The van der Waals surface area contributed by atoms with Crippen LogP contribution in [0.1, 0.15) is 84.7 Å². The van der Waals surface area contributed by atoms with E-state index < -0.39 is 12.2 Å². The average molecular weight is 507 g/mol. The van der Waals surface area contributed by atoms with Crippen LogP contribution in [0.25, 0.3) is 0 Å². The van der Waals surface area contributed by atoms with Crippen LogP contribution >= 0.6 is 0 Å². The summed E-state index contributed by atoms with van der Waals surface area (Å²) in [5.41, 5.74) is 18.6. The van der Waals surface area contributed by atoms with E-state index in [0.29, 0.717) is 11.8 Å². The number of hydrogen-bond acceptors (Lipinski definition) is 4. The highest BCUT2D eigenvalue weighted by molar-refractivity contribution is 5.65. The summed E-state index contributed by atoms with van der Waals surface area (Å²) < 4.78 is 10.9. The van der Waals surface area contributed by atoms with E-state index in [-0.39, 0.29) is 17.6 Å². The lowest BCUT2D eigenvalue weighted by Crippen LogP contribution is -2.49. The number of carbonyl (C=O) groups excluding carboxylic acids is 2. The molecule has 6 nitrogen and oxygen atoms in total. The lowest BCUT2D eigenvalue weighted by molar-refractivity contribution is 0.0273. The quantitative estimate of drug-likeness (QED) is 0.465. The summed E-state index contributed by atoms with van der Waals surface area (Å²) in [6, 6.07) is 13.3.